The third kappa shape index (κ3) is 3.62. The lowest BCUT2D eigenvalue weighted by Crippen LogP contribution is -2.16. The molecule has 1 aromatic heterocycles. The Morgan fingerprint density at radius 2 is 1.78 bits per heavy atom. The number of nitrogens with zero attached hydrogens (tertiary/aromatic N) is 1. The van der Waals surface area contributed by atoms with Gasteiger partial charge in [0.15, 0.2) is 12.0 Å². The molecule has 0 saturated carbocycles. The average Bonchev–Trinajstić information content (AvgIpc) is 2.90. The number of fused-ring (bicyclic) bond motifs is 1. The van der Waals surface area contributed by atoms with Crippen molar-refractivity contribution in [2.24, 2.45) is 0 Å². The van der Waals surface area contributed by atoms with Crippen LogP contribution >= 0.6 is 11.6 Å². The van der Waals surface area contributed by atoms with E-state index in [-0.39, 0.29) is 11.8 Å². The molecule has 0 N–H and O–H groups in total. The SMILES string of the molecule is CCC(OC(C)=O)n1c(C)c(C(=O)c2ccc(C)cc2)c2cc(Cl)ccc21. The van der Waals surface area contributed by atoms with Crippen molar-refractivity contribution in [2.75, 3.05) is 0 Å². The van der Waals surface area contributed by atoms with Gasteiger partial charge in [0.1, 0.15) is 0 Å². The number of halogens is 1. The fraction of sp³-hybridized carbons (Fsp3) is 0.273. The number of esters is 1. The van der Waals surface area contributed by atoms with Crippen molar-refractivity contribution in [3.8, 4) is 0 Å². The number of carbonyl (C=O) groups excluding carboxylic acids is 2. The molecule has 0 radical (unpaired) electrons. The van der Waals surface area contributed by atoms with Gasteiger partial charge in [-0.15, -0.1) is 0 Å². The first-order valence-corrected chi connectivity index (χ1v) is 9.30. The van der Waals surface area contributed by atoms with Gasteiger partial charge in [-0.1, -0.05) is 48.4 Å². The van der Waals surface area contributed by atoms with E-state index in [1.165, 1.54) is 6.92 Å². The van der Waals surface area contributed by atoms with Crippen molar-refractivity contribution in [1.82, 2.24) is 4.57 Å². The average molecular weight is 384 g/mol. The fourth-order valence-corrected chi connectivity index (χ4v) is 3.60. The van der Waals surface area contributed by atoms with E-state index in [2.05, 4.69) is 0 Å². The molecule has 0 saturated heterocycles. The number of carbonyl (C=O) groups is 2. The smallest absolute Gasteiger partial charge is 0.304 e. The highest BCUT2D eigenvalue weighted by Gasteiger charge is 2.25. The van der Waals surface area contributed by atoms with Crippen molar-refractivity contribution in [3.63, 3.8) is 0 Å². The van der Waals surface area contributed by atoms with E-state index in [4.69, 9.17) is 16.3 Å². The molecule has 3 aromatic rings. The number of hydrogen-bond donors (Lipinski definition) is 0. The molecule has 1 heterocycles. The molecule has 0 aliphatic carbocycles. The Bertz CT molecular complexity index is 1020. The topological polar surface area (TPSA) is 48.3 Å². The van der Waals surface area contributed by atoms with Gasteiger partial charge >= 0.3 is 5.97 Å². The van der Waals surface area contributed by atoms with Crippen LogP contribution in [0.1, 0.15) is 53.7 Å². The van der Waals surface area contributed by atoms with E-state index in [0.29, 0.717) is 22.6 Å². The van der Waals surface area contributed by atoms with Crippen LogP contribution < -0.4 is 0 Å². The summed E-state index contributed by atoms with van der Waals surface area (Å²) in [6, 6.07) is 12.9. The van der Waals surface area contributed by atoms with Crippen LogP contribution in [0.15, 0.2) is 42.5 Å². The first-order chi connectivity index (χ1) is 12.8. The van der Waals surface area contributed by atoms with Gasteiger partial charge in [-0.2, -0.15) is 0 Å². The van der Waals surface area contributed by atoms with Crippen molar-refractivity contribution in [1.29, 1.82) is 0 Å². The van der Waals surface area contributed by atoms with E-state index in [9.17, 15) is 9.59 Å². The molecule has 0 aliphatic heterocycles. The first-order valence-electron chi connectivity index (χ1n) is 8.92. The predicted octanol–water partition coefficient (Wildman–Crippen LogP) is 5.61. The van der Waals surface area contributed by atoms with Gasteiger partial charge in [-0.05, 0) is 32.0 Å². The van der Waals surface area contributed by atoms with Gasteiger partial charge in [0.2, 0.25) is 0 Å². The van der Waals surface area contributed by atoms with E-state index in [1.807, 2.05) is 55.7 Å². The lowest BCUT2D eigenvalue weighted by Gasteiger charge is -2.20. The molecule has 0 fully saturated rings. The zero-order valence-corrected chi connectivity index (χ0v) is 16.6. The second-order valence-electron chi connectivity index (χ2n) is 6.66. The molecule has 140 valence electrons. The normalized spacial score (nSPS) is 12.2. The summed E-state index contributed by atoms with van der Waals surface area (Å²) in [5, 5.41) is 1.31. The number of ketones is 1. The highest BCUT2D eigenvalue weighted by atomic mass is 35.5. The minimum absolute atomic E-state index is 0.0730. The zero-order chi connectivity index (χ0) is 19.7. The molecule has 3 rings (SSSR count). The number of benzene rings is 2. The van der Waals surface area contributed by atoms with E-state index >= 15 is 0 Å². The Balaban J connectivity index is 2.24. The first kappa shape index (κ1) is 19.2. The maximum absolute atomic E-state index is 13.3. The third-order valence-corrected chi connectivity index (χ3v) is 4.93. The lowest BCUT2D eigenvalue weighted by molar-refractivity contribution is -0.151. The summed E-state index contributed by atoms with van der Waals surface area (Å²) >= 11 is 6.22. The molecule has 1 unspecified atom stereocenters. The van der Waals surface area contributed by atoms with Crippen LogP contribution in [0, 0.1) is 13.8 Å². The van der Waals surface area contributed by atoms with Crippen LogP contribution in [0.5, 0.6) is 0 Å². The van der Waals surface area contributed by atoms with Crippen molar-refractivity contribution in [3.05, 3.63) is 69.9 Å². The second kappa shape index (κ2) is 7.57. The highest BCUT2D eigenvalue weighted by molar-refractivity contribution is 6.31. The quantitative estimate of drug-likeness (QED) is 0.424. The number of aromatic nitrogens is 1. The van der Waals surface area contributed by atoms with E-state index < -0.39 is 6.23 Å². The minimum atomic E-state index is -0.481. The molecular weight excluding hydrogens is 362 g/mol. The molecule has 27 heavy (non-hydrogen) atoms. The molecule has 1 atom stereocenters. The van der Waals surface area contributed by atoms with Gasteiger partial charge in [0.25, 0.3) is 0 Å². The standard InChI is InChI=1S/C22H22ClNO3/c1-5-20(27-15(4)25)24-14(3)21(18-12-17(23)10-11-19(18)24)22(26)16-8-6-13(2)7-9-16/h6-12,20H,5H2,1-4H3. The zero-order valence-electron chi connectivity index (χ0n) is 15.9. The van der Waals surface area contributed by atoms with Crippen molar-refractivity contribution < 1.29 is 14.3 Å². The van der Waals surface area contributed by atoms with Gasteiger partial charge in [0, 0.05) is 35.0 Å². The summed E-state index contributed by atoms with van der Waals surface area (Å²) in [5.74, 6) is -0.431. The number of hydrogen-bond acceptors (Lipinski definition) is 3. The summed E-state index contributed by atoms with van der Waals surface area (Å²) in [5.41, 5.74) is 3.87. The molecular formula is C22H22ClNO3. The Hall–Kier alpha value is -2.59. The number of aryl methyl sites for hydroxylation is 1. The summed E-state index contributed by atoms with van der Waals surface area (Å²) in [6.45, 7) is 7.19. The lowest BCUT2D eigenvalue weighted by atomic mass is 10.00. The number of rotatable bonds is 5. The minimum Gasteiger partial charge on any atom is -0.441 e. The second-order valence-corrected chi connectivity index (χ2v) is 7.10. The van der Waals surface area contributed by atoms with Crippen LogP contribution in [-0.4, -0.2) is 16.3 Å². The van der Waals surface area contributed by atoms with Crippen LogP contribution in [0.2, 0.25) is 5.02 Å². The monoisotopic (exact) mass is 383 g/mol. The van der Waals surface area contributed by atoms with Gasteiger partial charge in [-0.25, -0.2) is 0 Å². The molecule has 0 aliphatic rings. The maximum atomic E-state index is 13.3. The van der Waals surface area contributed by atoms with Crippen LogP contribution in [0.4, 0.5) is 0 Å². The fourth-order valence-electron chi connectivity index (χ4n) is 3.43. The summed E-state index contributed by atoms with van der Waals surface area (Å²) in [4.78, 5) is 24.8. The Morgan fingerprint density at radius 3 is 2.37 bits per heavy atom. The van der Waals surface area contributed by atoms with Crippen molar-refractivity contribution >= 4 is 34.3 Å². The Kier molecular flexibility index (Phi) is 5.38. The molecule has 0 amide bonds. The third-order valence-electron chi connectivity index (χ3n) is 4.69. The van der Waals surface area contributed by atoms with Crippen molar-refractivity contribution in [2.45, 2.75) is 40.3 Å². The maximum Gasteiger partial charge on any atom is 0.304 e. The molecule has 5 heteroatoms. The van der Waals surface area contributed by atoms with Crippen LogP contribution in [0.3, 0.4) is 0 Å². The van der Waals surface area contributed by atoms with Gasteiger partial charge in [0.05, 0.1) is 11.1 Å². The molecule has 4 nitrogen and oxygen atoms in total. The molecule has 0 spiro atoms. The Morgan fingerprint density at radius 1 is 1.11 bits per heavy atom. The van der Waals surface area contributed by atoms with Crippen LogP contribution in [-0.2, 0) is 9.53 Å². The molecule has 2 aromatic carbocycles. The predicted molar refractivity (Wildman–Crippen MR) is 107 cm³/mol. The number of ether oxygens (including phenoxy) is 1. The van der Waals surface area contributed by atoms with E-state index in [0.717, 1.165) is 22.2 Å². The summed E-state index contributed by atoms with van der Waals surface area (Å²) < 4.78 is 7.41. The van der Waals surface area contributed by atoms with Gasteiger partial charge in [-0.3, -0.25) is 9.59 Å². The van der Waals surface area contributed by atoms with E-state index in [1.54, 1.807) is 12.1 Å². The largest absolute Gasteiger partial charge is 0.441 e. The summed E-state index contributed by atoms with van der Waals surface area (Å²) in [7, 11) is 0. The Labute approximate surface area is 163 Å². The summed E-state index contributed by atoms with van der Waals surface area (Å²) in [6.07, 6.45) is 0.107. The highest BCUT2D eigenvalue weighted by Crippen LogP contribution is 2.34. The van der Waals surface area contributed by atoms with Gasteiger partial charge < -0.3 is 9.30 Å². The molecule has 0 bridgehead atoms. The van der Waals surface area contributed by atoms with Crippen LogP contribution in [0.25, 0.3) is 10.9 Å².